The van der Waals surface area contributed by atoms with E-state index in [2.05, 4.69) is 0 Å². The van der Waals surface area contributed by atoms with Gasteiger partial charge in [0, 0.05) is 0 Å². The average Bonchev–Trinajstić information content (AvgIpc) is 2.29. The first-order chi connectivity index (χ1) is 8.00. The van der Waals surface area contributed by atoms with E-state index in [1.165, 1.54) is 0 Å². The van der Waals surface area contributed by atoms with Gasteiger partial charge < -0.3 is 15.9 Å². The van der Waals surface area contributed by atoms with Gasteiger partial charge in [-0.3, -0.25) is 9.59 Å². The molecule has 17 heavy (non-hydrogen) atoms. The lowest BCUT2D eigenvalue weighted by atomic mass is 9.93. The molecule has 0 saturated heterocycles. The van der Waals surface area contributed by atoms with Gasteiger partial charge in [-0.1, -0.05) is 30.3 Å². The molecule has 1 rings (SSSR count). The van der Waals surface area contributed by atoms with Crippen LogP contribution in [0, 0.1) is 5.92 Å². The van der Waals surface area contributed by atoms with Gasteiger partial charge in [0.15, 0.2) is 0 Å². The molecule has 92 valence electrons. The Bertz CT molecular complexity index is 391. The molecular formula is C12H15NO4. The third-order valence-electron chi connectivity index (χ3n) is 2.53. The molecule has 0 bridgehead atoms. The van der Waals surface area contributed by atoms with Crippen LogP contribution in [0.3, 0.4) is 0 Å². The van der Waals surface area contributed by atoms with Gasteiger partial charge >= 0.3 is 11.9 Å². The van der Waals surface area contributed by atoms with Crippen LogP contribution in [-0.2, 0) is 16.0 Å². The summed E-state index contributed by atoms with van der Waals surface area (Å²) in [5.74, 6) is -2.97. The SMILES string of the molecule is N[C@H](CC(Cc1ccccc1)C(=O)O)C(=O)O. The third kappa shape index (κ3) is 4.24. The lowest BCUT2D eigenvalue weighted by Crippen LogP contribution is -2.35. The van der Waals surface area contributed by atoms with Crippen LogP contribution >= 0.6 is 0 Å². The molecule has 0 aromatic heterocycles. The number of benzene rings is 1. The van der Waals surface area contributed by atoms with E-state index in [-0.39, 0.29) is 12.8 Å². The summed E-state index contributed by atoms with van der Waals surface area (Å²) in [6, 6.07) is 7.93. The Labute approximate surface area is 98.9 Å². The smallest absolute Gasteiger partial charge is 0.320 e. The Morgan fingerprint density at radius 3 is 2.18 bits per heavy atom. The molecule has 0 radical (unpaired) electrons. The molecule has 1 aromatic rings. The van der Waals surface area contributed by atoms with E-state index in [0.717, 1.165) is 5.56 Å². The van der Waals surface area contributed by atoms with E-state index in [1.807, 2.05) is 30.3 Å². The van der Waals surface area contributed by atoms with Gasteiger partial charge in [0.05, 0.1) is 5.92 Å². The molecular weight excluding hydrogens is 222 g/mol. The summed E-state index contributed by atoms with van der Waals surface area (Å²) in [4.78, 5) is 21.6. The number of hydrogen-bond acceptors (Lipinski definition) is 3. The van der Waals surface area contributed by atoms with Crippen LogP contribution in [0.1, 0.15) is 12.0 Å². The molecule has 5 heteroatoms. The number of carboxylic acid groups (broad SMARTS) is 2. The molecule has 1 aromatic carbocycles. The van der Waals surface area contributed by atoms with Gasteiger partial charge in [-0.05, 0) is 18.4 Å². The maximum Gasteiger partial charge on any atom is 0.320 e. The highest BCUT2D eigenvalue weighted by molar-refractivity contribution is 5.76. The van der Waals surface area contributed by atoms with Gasteiger partial charge in [0.1, 0.15) is 6.04 Å². The minimum atomic E-state index is -1.18. The summed E-state index contributed by atoms with van der Waals surface area (Å²) in [7, 11) is 0. The van der Waals surface area contributed by atoms with Crippen molar-refractivity contribution in [2.75, 3.05) is 0 Å². The molecule has 4 N–H and O–H groups in total. The summed E-state index contributed by atoms with van der Waals surface area (Å²) in [6.45, 7) is 0. The zero-order valence-corrected chi connectivity index (χ0v) is 9.24. The molecule has 0 aliphatic heterocycles. The number of carboxylic acids is 2. The topological polar surface area (TPSA) is 101 Å². The van der Waals surface area contributed by atoms with Crippen molar-refractivity contribution in [3.63, 3.8) is 0 Å². The Hall–Kier alpha value is -1.88. The van der Waals surface area contributed by atoms with Gasteiger partial charge in [-0.15, -0.1) is 0 Å². The second-order valence-electron chi connectivity index (χ2n) is 3.91. The molecule has 0 saturated carbocycles. The second-order valence-corrected chi connectivity index (χ2v) is 3.91. The van der Waals surface area contributed by atoms with Crippen LogP contribution in [0.4, 0.5) is 0 Å². The molecule has 0 aliphatic rings. The minimum Gasteiger partial charge on any atom is -0.481 e. The Morgan fingerprint density at radius 1 is 1.12 bits per heavy atom. The van der Waals surface area contributed by atoms with Crippen molar-refractivity contribution < 1.29 is 19.8 Å². The molecule has 0 fully saturated rings. The van der Waals surface area contributed by atoms with Crippen molar-refractivity contribution in [3.05, 3.63) is 35.9 Å². The second kappa shape index (κ2) is 6.00. The van der Waals surface area contributed by atoms with E-state index >= 15 is 0 Å². The predicted octanol–water partition coefficient (Wildman–Crippen LogP) is 0.732. The first-order valence-electron chi connectivity index (χ1n) is 5.26. The zero-order chi connectivity index (χ0) is 12.8. The lowest BCUT2D eigenvalue weighted by Gasteiger charge is -2.14. The number of aliphatic carboxylic acids is 2. The van der Waals surface area contributed by atoms with Crippen LogP contribution in [0.5, 0.6) is 0 Å². The zero-order valence-electron chi connectivity index (χ0n) is 9.24. The maximum absolute atomic E-state index is 11.0. The van der Waals surface area contributed by atoms with E-state index in [4.69, 9.17) is 15.9 Å². The number of hydrogen-bond donors (Lipinski definition) is 3. The number of nitrogens with two attached hydrogens (primary N) is 1. The molecule has 0 aliphatic carbocycles. The van der Waals surface area contributed by atoms with Crippen molar-refractivity contribution in [1.82, 2.24) is 0 Å². The highest BCUT2D eigenvalue weighted by Gasteiger charge is 2.24. The van der Waals surface area contributed by atoms with Gasteiger partial charge in [-0.2, -0.15) is 0 Å². The standard InChI is InChI=1S/C12H15NO4/c13-10(12(16)17)7-9(11(14)15)6-8-4-2-1-3-5-8/h1-5,9-10H,6-7,13H2,(H,14,15)(H,16,17)/t9?,10-/m1/s1. The van der Waals surface area contributed by atoms with E-state index in [9.17, 15) is 9.59 Å². The summed E-state index contributed by atoms with van der Waals surface area (Å²) < 4.78 is 0. The fourth-order valence-corrected chi connectivity index (χ4v) is 1.58. The van der Waals surface area contributed by atoms with Crippen LogP contribution in [0.15, 0.2) is 30.3 Å². The first-order valence-corrected chi connectivity index (χ1v) is 5.26. The average molecular weight is 237 g/mol. The normalized spacial score (nSPS) is 13.9. The van der Waals surface area contributed by atoms with Crippen molar-refractivity contribution in [2.45, 2.75) is 18.9 Å². The summed E-state index contributed by atoms with van der Waals surface area (Å²) in [6.07, 6.45) is 0.219. The molecule has 2 atom stereocenters. The van der Waals surface area contributed by atoms with Crippen molar-refractivity contribution >= 4 is 11.9 Å². The van der Waals surface area contributed by atoms with Crippen molar-refractivity contribution in [3.8, 4) is 0 Å². The molecule has 0 heterocycles. The van der Waals surface area contributed by atoms with E-state index in [0.29, 0.717) is 0 Å². The van der Waals surface area contributed by atoms with Crippen molar-refractivity contribution in [2.24, 2.45) is 11.7 Å². The Kier molecular flexibility index (Phi) is 4.66. The van der Waals surface area contributed by atoms with Gasteiger partial charge in [0.2, 0.25) is 0 Å². The monoisotopic (exact) mass is 237 g/mol. The van der Waals surface area contributed by atoms with Crippen molar-refractivity contribution in [1.29, 1.82) is 0 Å². The fraction of sp³-hybridized carbons (Fsp3) is 0.333. The quantitative estimate of drug-likeness (QED) is 0.677. The van der Waals surface area contributed by atoms with Crippen LogP contribution in [0.2, 0.25) is 0 Å². The molecule has 5 nitrogen and oxygen atoms in total. The highest BCUT2D eigenvalue weighted by Crippen LogP contribution is 2.14. The summed E-state index contributed by atoms with van der Waals surface area (Å²) in [5, 5.41) is 17.7. The maximum atomic E-state index is 11.0. The third-order valence-corrected chi connectivity index (χ3v) is 2.53. The van der Waals surface area contributed by atoms with Crippen LogP contribution in [0.25, 0.3) is 0 Å². The Morgan fingerprint density at radius 2 is 1.71 bits per heavy atom. The largest absolute Gasteiger partial charge is 0.481 e. The first kappa shape index (κ1) is 13.2. The van der Waals surface area contributed by atoms with E-state index < -0.39 is 23.9 Å². The highest BCUT2D eigenvalue weighted by atomic mass is 16.4. The predicted molar refractivity (Wildman–Crippen MR) is 61.5 cm³/mol. The van der Waals surface area contributed by atoms with Crippen LogP contribution < -0.4 is 5.73 Å². The Balaban J connectivity index is 2.67. The number of rotatable bonds is 6. The lowest BCUT2D eigenvalue weighted by molar-refractivity contribution is -0.143. The summed E-state index contributed by atoms with van der Waals surface area (Å²) in [5.41, 5.74) is 6.20. The fourth-order valence-electron chi connectivity index (χ4n) is 1.58. The summed E-state index contributed by atoms with van der Waals surface area (Å²) >= 11 is 0. The number of carbonyl (C=O) groups is 2. The molecule has 0 amide bonds. The molecule has 1 unspecified atom stereocenters. The van der Waals surface area contributed by atoms with Gasteiger partial charge in [-0.25, -0.2) is 0 Å². The van der Waals surface area contributed by atoms with Crippen LogP contribution in [-0.4, -0.2) is 28.2 Å². The van der Waals surface area contributed by atoms with Gasteiger partial charge in [0.25, 0.3) is 0 Å². The minimum absolute atomic E-state index is 0.0699. The van der Waals surface area contributed by atoms with E-state index in [1.54, 1.807) is 0 Å². The molecule has 0 spiro atoms.